The molecular weight excluding hydrogens is 493 g/mol. The van der Waals surface area contributed by atoms with Gasteiger partial charge in [0.1, 0.15) is 0 Å². The molecule has 1 saturated carbocycles. The summed E-state index contributed by atoms with van der Waals surface area (Å²) in [4.78, 5) is 20.3. The average Bonchev–Trinajstić information content (AvgIpc) is 3.52. The number of carbonyl (C=O) groups excluding carboxylic acids is 1. The molecule has 0 bridgehead atoms. The van der Waals surface area contributed by atoms with Crippen molar-refractivity contribution in [3.63, 3.8) is 0 Å². The van der Waals surface area contributed by atoms with Gasteiger partial charge in [0, 0.05) is 47.3 Å². The molecule has 6 rings (SSSR count). The van der Waals surface area contributed by atoms with E-state index in [1.807, 2.05) is 6.07 Å². The highest BCUT2D eigenvalue weighted by Crippen LogP contribution is 2.41. The van der Waals surface area contributed by atoms with Crippen molar-refractivity contribution in [3.05, 3.63) is 90.8 Å². The first-order valence-electron chi connectivity index (χ1n) is 12.2. The van der Waals surface area contributed by atoms with Gasteiger partial charge in [0.15, 0.2) is 0 Å². The third kappa shape index (κ3) is 4.17. The van der Waals surface area contributed by atoms with Gasteiger partial charge in [-0.1, -0.05) is 6.07 Å². The summed E-state index contributed by atoms with van der Waals surface area (Å²) < 4.78 is 46.4. The molecule has 38 heavy (non-hydrogen) atoms. The second kappa shape index (κ2) is 9.05. The lowest BCUT2D eigenvalue weighted by Crippen LogP contribution is -2.27. The zero-order valence-corrected chi connectivity index (χ0v) is 20.1. The number of hydrogen-bond donors (Lipinski definition) is 2. The van der Waals surface area contributed by atoms with E-state index in [0.29, 0.717) is 28.3 Å². The van der Waals surface area contributed by atoms with Crippen molar-refractivity contribution in [2.75, 3.05) is 5.32 Å². The molecule has 0 saturated heterocycles. The van der Waals surface area contributed by atoms with Gasteiger partial charge in [-0.2, -0.15) is 13.2 Å². The first kappa shape index (κ1) is 23.8. The number of anilines is 1. The van der Waals surface area contributed by atoms with E-state index in [9.17, 15) is 18.0 Å². The predicted octanol–water partition coefficient (Wildman–Crippen LogP) is 5.96. The van der Waals surface area contributed by atoms with Crippen LogP contribution in [0.3, 0.4) is 0 Å². The summed E-state index contributed by atoms with van der Waals surface area (Å²) in [5.41, 5.74) is 8.13. The largest absolute Gasteiger partial charge is 0.418 e. The van der Waals surface area contributed by atoms with Crippen LogP contribution in [-0.4, -0.2) is 31.1 Å². The minimum atomic E-state index is -4.61. The summed E-state index contributed by atoms with van der Waals surface area (Å²) in [6.45, 7) is 0. The van der Waals surface area contributed by atoms with Crippen molar-refractivity contribution in [3.8, 4) is 22.6 Å². The summed E-state index contributed by atoms with van der Waals surface area (Å²) in [7, 11) is 0. The lowest BCUT2D eigenvalue weighted by molar-refractivity contribution is -0.136. The Morgan fingerprint density at radius 3 is 2.58 bits per heavy atom. The molecule has 10 heteroatoms. The van der Waals surface area contributed by atoms with Crippen molar-refractivity contribution in [2.24, 2.45) is 5.73 Å². The van der Waals surface area contributed by atoms with E-state index in [2.05, 4.69) is 15.3 Å². The zero-order valence-electron chi connectivity index (χ0n) is 20.1. The number of nitrogens with two attached hydrogens (primary N) is 1. The Morgan fingerprint density at radius 2 is 1.89 bits per heavy atom. The number of benzene rings is 2. The van der Waals surface area contributed by atoms with Crippen LogP contribution < -0.4 is 11.1 Å². The molecule has 2 aromatic carbocycles. The SMILES string of the molecule is NC(=O)c1ccc(-n2cc(C(F)(F)F)c3c(-n4cnc(-c5cccnc5)c4)cccc32)c(NC2CCC2)c1. The van der Waals surface area contributed by atoms with Gasteiger partial charge in [-0.05, 0) is 61.7 Å². The number of hydrogen-bond acceptors (Lipinski definition) is 4. The molecule has 7 nitrogen and oxygen atoms in total. The van der Waals surface area contributed by atoms with Crippen molar-refractivity contribution >= 4 is 22.5 Å². The maximum absolute atomic E-state index is 14.4. The molecule has 1 fully saturated rings. The van der Waals surface area contributed by atoms with Gasteiger partial charge >= 0.3 is 6.18 Å². The highest BCUT2D eigenvalue weighted by atomic mass is 19.4. The molecule has 1 aliphatic carbocycles. The fraction of sp³-hybridized carbons (Fsp3) is 0.179. The number of rotatable bonds is 6. The van der Waals surface area contributed by atoms with Crippen LogP contribution in [0.1, 0.15) is 35.2 Å². The summed E-state index contributed by atoms with van der Waals surface area (Å²) in [5, 5.41) is 3.44. The van der Waals surface area contributed by atoms with Gasteiger partial charge in [-0.15, -0.1) is 0 Å². The van der Waals surface area contributed by atoms with E-state index in [1.165, 1.54) is 17.0 Å². The molecule has 1 amide bonds. The number of halogens is 3. The van der Waals surface area contributed by atoms with Gasteiger partial charge < -0.3 is 20.2 Å². The topological polar surface area (TPSA) is 90.8 Å². The summed E-state index contributed by atoms with van der Waals surface area (Å²) >= 11 is 0. The van der Waals surface area contributed by atoms with E-state index < -0.39 is 17.6 Å². The van der Waals surface area contributed by atoms with Crippen LogP contribution in [0.15, 0.2) is 79.6 Å². The lowest BCUT2D eigenvalue weighted by atomic mass is 9.92. The molecule has 0 radical (unpaired) electrons. The standard InChI is InChI=1S/C28H23F3N6O/c29-28(30,31)20-14-37(23-10-9-17(27(32)38)12-21(23)35-19-5-1-6-19)25-8-2-7-24(26(20)25)36-15-22(34-16-36)18-4-3-11-33-13-18/h2-4,7-16,19,35H,1,5-6H2,(H2,32,38). The second-order valence-electron chi connectivity index (χ2n) is 9.36. The minimum Gasteiger partial charge on any atom is -0.381 e. The quantitative estimate of drug-likeness (QED) is 0.291. The van der Waals surface area contributed by atoms with Gasteiger partial charge in [0.05, 0.1) is 40.2 Å². The Bertz CT molecular complexity index is 1650. The summed E-state index contributed by atoms with van der Waals surface area (Å²) in [6, 6.07) is 13.6. The third-order valence-corrected chi connectivity index (χ3v) is 6.94. The molecule has 0 spiro atoms. The molecule has 3 N–H and O–H groups in total. The third-order valence-electron chi connectivity index (χ3n) is 6.94. The van der Waals surface area contributed by atoms with Crippen LogP contribution in [0.25, 0.3) is 33.5 Å². The number of aromatic nitrogens is 4. The Hall–Kier alpha value is -4.60. The molecule has 0 atom stereocenters. The monoisotopic (exact) mass is 516 g/mol. The molecule has 0 aliphatic heterocycles. The van der Waals surface area contributed by atoms with Crippen molar-refractivity contribution < 1.29 is 18.0 Å². The number of imidazole rings is 1. The van der Waals surface area contributed by atoms with Crippen molar-refractivity contribution in [1.29, 1.82) is 0 Å². The first-order valence-corrected chi connectivity index (χ1v) is 12.2. The molecular formula is C28H23F3N6O. The number of alkyl halides is 3. The Kier molecular flexibility index (Phi) is 5.67. The van der Waals surface area contributed by atoms with E-state index in [0.717, 1.165) is 31.0 Å². The molecule has 3 heterocycles. The van der Waals surface area contributed by atoms with Crippen LogP contribution in [0, 0.1) is 0 Å². The summed E-state index contributed by atoms with van der Waals surface area (Å²) in [6.07, 6.45) is 5.95. The fourth-order valence-corrected chi connectivity index (χ4v) is 4.80. The van der Waals surface area contributed by atoms with Crippen LogP contribution in [0.4, 0.5) is 18.9 Å². The number of pyridine rings is 1. The van der Waals surface area contributed by atoms with E-state index >= 15 is 0 Å². The second-order valence-corrected chi connectivity index (χ2v) is 9.36. The minimum absolute atomic E-state index is 0.0451. The van der Waals surface area contributed by atoms with Crippen LogP contribution in [0.2, 0.25) is 0 Å². The van der Waals surface area contributed by atoms with Crippen LogP contribution >= 0.6 is 0 Å². The smallest absolute Gasteiger partial charge is 0.381 e. The van der Waals surface area contributed by atoms with E-state index in [4.69, 9.17) is 5.73 Å². The molecule has 0 unspecified atom stereocenters. The van der Waals surface area contributed by atoms with Gasteiger partial charge in [0.25, 0.3) is 0 Å². The number of primary amides is 1. The van der Waals surface area contributed by atoms with E-state index in [1.54, 1.807) is 59.6 Å². The Balaban J connectivity index is 1.54. The van der Waals surface area contributed by atoms with Crippen molar-refractivity contribution in [2.45, 2.75) is 31.5 Å². The Labute approximate surface area is 215 Å². The normalized spacial score (nSPS) is 14.0. The van der Waals surface area contributed by atoms with Crippen molar-refractivity contribution in [1.82, 2.24) is 19.1 Å². The maximum Gasteiger partial charge on any atom is 0.418 e. The number of amides is 1. The zero-order chi connectivity index (χ0) is 26.4. The molecule has 1 aliphatic rings. The average molecular weight is 517 g/mol. The lowest BCUT2D eigenvalue weighted by Gasteiger charge is -2.29. The van der Waals surface area contributed by atoms with Crippen LogP contribution in [-0.2, 0) is 6.18 Å². The number of carbonyl (C=O) groups is 1. The van der Waals surface area contributed by atoms with Gasteiger partial charge in [-0.25, -0.2) is 4.98 Å². The van der Waals surface area contributed by atoms with Crippen LogP contribution in [0.5, 0.6) is 0 Å². The Morgan fingerprint density at radius 1 is 1.05 bits per heavy atom. The molecule has 3 aromatic heterocycles. The fourth-order valence-electron chi connectivity index (χ4n) is 4.80. The molecule has 5 aromatic rings. The number of nitrogens with zero attached hydrogens (tertiary/aromatic N) is 4. The highest BCUT2D eigenvalue weighted by molar-refractivity contribution is 5.96. The summed E-state index contributed by atoms with van der Waals surface area (Å²) in [5.74, 6) is -0.603. The highest BCUT2D eigenvalue weighted by Gasteiger charge is 2.36. The first-order chi connectivity index (χ1) is 18.3. The maximum atomic E-state index is 14.4. The van der Waals surface area contributed by atoms with E-state index in [-0.39, 0.29) is 17.0 Å². The van der Waals surface area contributed by atoms with Gasteiger partial charge in [0.2, 0.25) is 5.91 Å². The van der Waals surface area contributed by atoms with Gasteiger partial charge in [-0.3, -0.25) is 9.78 Å². The predicted molar refractivity (Wildman–Crippen MR) is 138 cm³/mol. The molecule has 192 valence electrons. The number of nitrogens with one attached hydrogen (secondary N) is 1. The number of fused-ring (bicyclic) bond motifs is 1.